The van der Waals surface area contributed by atoms with E-state index in [1.807, 2.05) is 18.2 Å². The molecule has 0 aromatic heterocycles. The van der Waals surface area contributed by atoms with Crippen molar-refractivity contribution in [3.8, 4) is 5.75 Å². The SMILES string of the molecule is NC(CO)(CCc1ccc(OCCCc2cccc(Cl)c2)c(C(F)(F)F)c1)COP=O. The van der Waals surface area contributed by atoms with Crippen molar-refractivity contribution >= 4 is 20.3 Å². The van der Waals surface area contributed by atoms with E-state index in [0.717, 1.165) is 11.6 Å². The van der Waals surface area contributed by atoms with Crippen molar-refractivity contribution in [2.75, 3.05) is 19.8 Å². The largest absolute Gasteiger partial charge is 0.493 e. The lowest BCUT2D eigenvalue weighted by atomic mass is 9.93. The summed E-state index contributed by atoms with van der Waals surface area (Å²) < 4.78 is 61.2. The highest BCUT2D eigenvalue weighted by molar-refractivity contribution is 7.17. The van der Waals surface area contributed by atoms with Crippen molar-refractivity contribution in [2.45, 2.75) is 37.4 Å². The molecular formula is C21H24ClF3NO4P. The first-order valence-corrected chi connectivity index (χ1v) is 10.7. The van der Waals surface area contributed by atoms with Gasteiger partial charge >= 0.3 is 14.9 Å². The van der Waals surface area contributed by atoms with E-state index in [2.05, 4.69) is 0 Å². The van der Waals surface area contributed by atoms with Gasteiger partial charge < -0.3 is 15.6 Å². The Morgan fingerprint density at radius 3 is 2.48 bits per heavy atom. The predicted molar refractivity (Wildman–Crippen MR) is 113 cm³/mol. The van der Waals surface area contributed by atoms with Crippen LogP contribution in [0.4, 0.5) is 13.2 Å². The van der Waals surface area contributed by atoms with Gasteiger partial charge in [-0.05, 0) is 61.1 Å². The lowest BCUT2D eigenvalue weighted by Gasteiger charge is -2.25. The molecule has 0 bridgehead atoms. The molecule has 0 saturated carbocycles. The smallest absolute Gasteiger partial charge is 0.419 e. The fourth-order valence-electron chi connectivity index (χ4n) is 2.98. The van der Waals surface area contributed by atoms with Crippen molar-refractivity contribution in [3.05, 3.63) is 64.2 Å². The van der Waals surface area contributed by atoms with Gasteiger partial charge in [-0.15, -0.1) is 0 Å². The summed E-state index contributed by atoms with van der Waals surface area (Å²) in [6, 6.07) is 11.1. The number of benzene rings is 2. The Bertz CT molecular complexity index is 869. The molecule has 2 aromatic rings. The highest BCUT2D eigenvalue weighted by Gasteiger charge is 2.35. The van der Waals surface area contributed by atoms with Gasteiger partial charge in [0.2, 0.25) is 0 Å². The molecule has 0 aliphatic rings. The Hall–Kier alpha value is -1.70. The minimum atomic E-state index is -4.58. The van der Waals surface area contributed by atoms with Crippen LogP contribution in [0.25, 0.3) is 0 Å². The van der Waals surface area contributed by atoms with Crippen LogP contribution in [0.3, 0.4) is 0 Å². The Labute approximate surface area is 185 Å². The number of aryl methyl sites for hydroxylation is 2. The van der Waals surface area contributed by atoms with Crippen LogP contribution >= 0.6 is 20.3 Å². The molecule has 0 aliphatic carbocycles. The number of alkyl halides is 3. The fraction of sp³-hybridized carbons (Fsp3) is 0.429. The maximum Gasteiger partial charge on any atom is 0.419 e. The zero-order chi connectivity index (χ0) is 22.9. The van der Waals surface area contributed by atoms with Gasteiger partial charge in [-0.2, -0.15) is 13.2 Å². The number of rotatable bonds is 12. The van der Waals surface area contributed by atoms with E-state index in [0.29, 0.717) is 23.4 Å². The van der Waals surface area contributed by atoms with Crippen LogP contribution < -0.4 is 10.5 Å². The van der Waals surface area contributed by atoms with E-state index in [1.165, 1.54) is 12.1 Å². The van der Waals surface area contributed by atoms with E-state index >= 15 is 0 Å². The highest BCUT2D eigenvalue weighted by Crippen LogP contribution is 2.37. The van der Waals surface area contributed by atoms with Crippen LogP contribution in [-0.2, 0) is 28.1 Å². The standard InChI is InChI=1S/C21H24ClF3NO4P/c22-17-5-1-3-15(11-17)4-2-10-29-19-7-6-16(12-18(19)21(23,24)25)8-9-20(26,13-27)14-30-31-28/h1,3,5-7,11-12,27H,2,4,8-10,13-14,26H2. The van der Waals surface area contributed by atoms with Gasteiger partial charge in [0.1, 0.15) is 5.75 Å². The second kappa shape index (κ2) is 11.8. The first kappa shape index (κ1) is 25.6. The van der Waals surface area contributed by atoms with E-state index in [4.69, 9.17) is 26.6 Å². The normalized spacial score (nSPS) is 13.9. The van der Waals surface area contributed by atoms with Crippen LogP contribution in [0, 0.1) is 0 Å². The third-order valence-electron chi connectivity index (χ3n) is 4.74. The van der Waals surface area contributed by atoms with E-state index in [9.17, 15) is 22.8 Å². The molecule has 0 heterocycles. The first-order valence-electron chi connectivity index (χ1n) is 9.58. The average Bonchev–Trinajstić information content (AvgIpc) is 2.73. The summed E-state index contributed by atoms with van der Waals surface area (Å²) in [5.74, 6) is -0.239. The lowest BCUT2D eigenvalue weighted by molar-refractivity contribution is -0.139. The Kier molecular flexibility index (Phi) is 9.72. The monoisotopic (exact) mass is 477 g/mol. The van der Waals surface area contributed by atoms with Gasteiger partial charge in [0.15, 0.2) is 0 Å². The van der Waals surface area contributed by atoms with Crippen molar-refractivity contribution in [1.82, 2.24) is 0 Å². The number of aliphatic hydroxyl groups is 1. The van der Waals surface area contributed by atoms with Gasteiger partial charge in [0, 0.05) is 5.02 Å². The minimum absolute atomic E-state index is 0.122. The van der Waals surface area contributed by atoms with E-state index in [1.54, 1.807) is 6.07 Å². The summed E-state index contributed by atoms with van der Waals surface area (Å²) >= 11 is 5.93. The Morgan fingerprint density at radius 2 is 1.84 bits per heavy atom. The molecule has 0 amide bonds. The number of hydrogen-bond acceptors (Lipinski definition) is 5. The van der Waals surface area contributed by atoms with Crippen molar-refractivity contribution in [1.29, 1.82) is 0 Å². The zero-order valence-corrected chi connectivity index (χ0v) is 18.3. The molecule has 0 aliphatic heterocycles. The van der Waals surface area contributed by atoms with Crippen molar-refractivity contribution in [2.24, 2.45) is 5.73 Å². The number of hydrogen-bond donors (Lipinski definition) is 2. The molecule has 2 rings (SSSR count). The summed E-state index contributed by atoms with van der Waals surface area (Å²) in [4.78, 5) is 0. The number of nitrogens with two attached hydrogens (primary N) is 1. The van der Waals surface area contributed by atoms with Crippen LogP contribution in [0.5, 0.6) is 5.75 Å². The summed E-state index contributed by atoms with van der Waals surface area (Å²) in [6.45, 7) is -0.520. The molecule has 0 spiro atoms. The maximum atomic E-state index is 13.5. The third kappa shape index (κ3) is 8.39. The summed E-state index contributed by atoms with van der Waals surface area (Å²) in [5, 5.41) is 10.0. The topological polar surface area (TPSA) is 81.8 Å². The molecule has 0 radical (unpaired) electrons. The van der Waals surface area contributed by atoms with Crippen LogP contribution in [0.2, 0.25) is 5.02 Å². The number of aliphatic hydroxyl groups excluding tert-OH is 1. The second-order valence-corrected chi connectivity index (χ2v) is 8.12. The van der Waals surface area contributed by atoms with Gasteiger partial charge in [0.25, 0.3) is 0 Å². The third-order valence-corrected chi connectivity index (χ3v) is 5.21. The molecule has 3 N–H and O–H groups in total. The first-order chi connectivity index (χ1) is 14.7. The summed E-state index contributed by atoms with van der Waals surface area (Å²) in [5.41, 5.74) is 5.25. The molecular weight excluding hydrogens is 454 g/mol. The van der Waals surface area contributed by atoms with Gasteiger partial charge in [-0.25, -0.2) is 4.57 Å². The molecule has 2 aromatic carbocycles. The number of halogens is 4. The molecule has 10 heteroatoms. The molecule has 0 fully saturated rings. The molecule has 5 nitrogen and oxygen atoms in total. The van der Waals surface area contributed by atoms with Crippen LogP contribution in [-0.4, -0.2) is 30.5 Å². The summed E-state index contributed by atoms with van der Waals surface area (Å²) in [7, 11) is -0.580. The second-order valence-electron chi connectivity index (χ2n) is 7.28. The molecule has 31 heavy (non-hydrogen) atoms. The van der Waals surface area contributed by atoms with Gasteiger partial charge in [-0.1, -0.05) is 29.8 Å². The van der Waals surface area contributed by atoms with E-state index < -0.39 is 32.6 Å². The average molecular weight is 478 g/mol. The lowest BCUT2D eigenvalue weighted by Crippen LogP contribution is -2.47. The summed E-state index contributed by atoms with van der Waals surface area (Å²) in [6.07, 6.45) is -3.10. The van der Waals surface area contributed by atoms with Crippen LogP contribution in [0.1, 0.15) is 29.5 Å². The molecule has 0 saturated heterocycles. The molecule has 1 unspecified atom stereocenters. The Balaban J connectivity index is 2.01. The minimum Gasteiger partial charge on any atom is -0.493 e. The number of ether oxygens (including phenoxy) is 1. The van der Waals surface area contributed by atoms with E-state index in [-0.39, 0.29) is 31.8 Å². The zero-order valence-electron chi connectivity index (χ0n) is 16.7. The van der Waals surface area contributed by atoms with Gasteiger partial charge in [0.05, 0.1) is 30.9 Å². The molecule has 1 atom stereocenters. The quantitative estimate of drug-likeness (QED) is 0.324. The van der Waals surface area contributed by atoms with Gasteiger partial charge in [-0.3, -0.25) is 4.52 Å². The maximum absolute atomic E-state index is 13.5. The van der Waals surface area contributed by atoms with Crippen molar-refractivity contribution in [3.63, 3.8) is 0 Å². The highest BCUT2D eigenvalue weighted by atomic mass is 35.5. The van der Waals surface area contributed by atoms with Crippen LogP contribution in [0.15, 0.2) is 42.5 Å². The Morgan fingerprint density at radius 1 is 1.10 bits per heavy atom. The van der Waals surface area contributed by atoms with Crippen molar-refractivity contribution < 1.29 is 32.1 Å². The fourth-order valence-corrected chi connectivity index (χ4v) is 3.50. The predicted octanol–water partition coefficient (Wildman–Crippen LogP) is 5.22. The molecule has 170 valence electrons.